The van der Waals surface area contributed by atoms with Gasteiger partial charge in [-0.25, -0.2) is 0 Å². The van der Waals surface area contributed by atoms with Crippen LogP contribution >= 0.6 is 0 Å². The molecule has 44 valence electrons. The molecule has 1 N–H and O–H groups in total. The van der Waals surface area contributed by atoms with Gasteiger partial charge in [0, 0.05) is 31.3 Å². The van der Waals surface area contributed by atoms with Crippen molar-refractivity contribution < 1.29 is 0 Å². The maximum Gasteiger partial charge on any atom is 0.0301 e. The molecule has 8 heavy (non-hydrogen) atoms. The number of hydrogen-bond acceptors (Lipinski definition) is 2. The van der Waals surface area contributed by atoms with Crippen LogP contribution in [0.3, 0.4) is 0 Å². The van der Waals surface area contributed by atoms with Crippen molar-refractivity contribution in [2.45, 2.75) is 6.92 Å². The van der Waals surface area contributed by atoms with E-state index in [4.69, 9.17) is 0 Å². The lowest BCUT2D eigenvalue weighted by molar-refractivity contribution is 0.550. The molecular weight excluding hydrogens is 100 g/mol. The Morgan fingerprint density at radius 3 is 2.75 bits per heavy atom. The lowest BCUT2D eigenvalue weighted by atomic mass is 10.4. The average Bonchev–Trinajstić information content (AvgIpc) is 1.77. The van der Waals surface area contributed by atoms with Crippen LogP contribution in [0.1, 0.15) is 6.92 Å². The molecule has 0 spiro atoms. The van der Waals surface area contributed by atoms with Gasteiger partial charge in [0.1, 0.15) is 0 Å². The van der Waals surface area contributed by atoms with Gasteiger partial charge in [0.05, 0.1) is 0 Å². The van der Waals surface area contributed by atoms with Crippen LogP contribution in [0.5, 0.6) is 0 Å². The molecule has 0 aromatic heterocycles. The first-order valence-corrected chi connectivity index (χ1v) is 2.63. The monoisotopic (exact) mass is 110 g/mol. The molecule has 0 unspecified atom stereocenters. The average molecular weight is 110 g/mol. The summed E-state index contributed by atoms with van der Waals surface area (Å²) in [6.45, 7) is 2.05. The van der Waals surface area contributed by atoms with Crippen LogP contribution in [0.25, 0.3) is 0 Å². The highest BCUT2D eigenvalue weighted by molar-refractivity contribution is 5.06. The Morgan fingerprint density at radius 1 is 1.62 bits per heavy atom. The van der Waals surface area contributed by atoms with E-state index in [0.717, 1.165) is 0 Å². The molecule has 0 aromatic carbocycles. The second-order valence-electron chi connectivity index (χ2n) is 1.88. The third-order valence-electron chi connectivity index (χ3n) is 1.24. The van der Waals surface area contributed by atoms with E-state index in [1.54, 1.807) is 0 Å². The van der Waals surface area contributed by atoms with Gasteiger partial charge in [-0.05, 0) is 6.92 Å². The molecule has 1 aliphatic rings. The van der Waals surface area contributed by atoms with Gasteiger partial charge in [-0.1, -0.05) is 0 Å². The fourth-order valence-corrected chi connectivity index (χ4v) is 0.543. The molecule has 1 aliphatic heterocycles. The van der Waals surface area contributed by atoms with Gasteiger partial charge in [-0.15, -0.1) is 0 Å². The summed E-state index contributed by atoms with van der Waals surface area (Å²) < 4.78 is 0. The third kappa shape index (κ3) is 0.832. The summed E-state index contributed by atoms with van der Waals surface area (Å²) in [5, 5.41) is 2.98. The predicted molar refractivity (Wildman–Crippen MR) is 33.8 cm³/mol. The summed E-state index contributed by atoms with van der Waals surface area (Å²) in [5.41, 5.74) is 1.23. The fraction of sp³-hybridized carbons (Fsp3) is 0.333. The lowest BCUT2D eigenvalue weighted by Crippen LogP contribution is -2.15. The van der Waals surface area contributed by atoms with Gasteiger partial charge < -0.3 is 10.2 Å². The van der Waals surface area contributed by atoms with Crippen molar-refractivity contribution in [1.29, 1.82) is 0 Å². The van der Waals surface area contributed by atoms with E-state index in [2.05, 4.69) is 17.1 Å². The molecule has 2 nitrogen and oxygen atoms in total. The van der Waals surface area contributed by atoms with Crippen molar-refractivity contribution in [3.63, 3.8) is 0 Å². The van der Waals surface area contributed by atoms with Crippen LogP contribution in [-0.2, 0) is 0 Å². The van der Waals surface area contributed by atoms with Crippen LogP contribution in [0.2, 0.25) is 0 Å². The van der Waals surface area contributed by atoms with E-state index in [0.29, 0.717) is 0 Å². The Hall–Kier alpha value is -0.920. The molecule has 0 radical (unpaired) electrons. The number of allylic oxidation sites excluding steroid dienone is 1. The van der Waals surface area contributed by atoms with Crippen molar-refractivity contribution in [1.82, 2.24) is 10.2 Å². The van der Waals surface area contributed by atoms with Gasteiger partial charge in [0.15, 0.2) is 0 Å². The first-order chi connectivity index (χ1) is 3.80. The molecule has 0 bridgehead atoms. The fourth-order valence-electron chi connectivity index (χ4n) is 0.543. The van der Waals surface area contributed by atoms with E-state index in [1.165, 1.54) is 5.70 Å². The molecule has 1 rings (SSSR count). The summed E-state index contributed by atoms with van der Waals surface area (Å²) in [5.74, 6) is 0. The van der Waals surface area contributed by atoms with E-state index < -0.39 is 0 Å². The minimum Gasteiger partial charge on any atom is -0.365 e. The third-order valence-corrected chi connectivity index (χ3v) is 1.24. The highest BCUT2D eigenvalue weighted by Gasteiger charge is 1.94. The molecule has 0 saturated heterocycles. The molecule has 0 amide bonds. The van der Waals surface area contributed by atoms with Crippen LogP contribution in [-0.4, -0.2) is 11.9 Å². The van der Waals surface area contributed by atoms with Gasteiger partial charge in [-0.2, -0.15) is 0 Å². The first kappa shape index (κ1) is 5.22. The molecule has 1 heterocycles. The number of nitrogens with one attached hydrogen (secondary N) is 1. The summed E-state index contributed by atoms with van der Waals surface area (Å²) in [6, 6.07) is 0. The van der Waals surface area contributed by atoms with Gasteiger partial charge in [0.25, 0.3) is 0 Å². The second kappa shape index (κ2) is 1.90. The van der Waals surface area contributed by atoms with Crippen molar-refractivity contribution in [2.75, 3.05) is 7.05 Å². The first-order valence-electron chi connectivity index (χ1n) is 2.63. The highest BCUT2D eigenvalue weighted by atomic mass is 15.1. The van der Waals surface area contributed by atoms with Gasteiger partial charge >= 0.3 is 0 Å². The maximum atomic E-state index is 2.98. The Labute approximate surface area is 49.5 Å². The van der Waals surface area contributed by atoms with Gasteiger partial charge in [-0.3, -0.25) is 0 Å². The lowest BCUT2D eigenvalue weighted by Gasteiger charge is -2.17. The summed E-state index contributed by atoms with van der Waals surface area (Å²) >= 11 is 0. The summed E-state index contributed by atoms with van der Waals surface area (Å²) in [7, 11) is 2.02. The van der Waals surface area contributed by atoms with E-state index in [9.17, 15) is 0 Å². The normalized spacial score (nSPS) is 17.8. The largest absolute Gasteiger partial charge is 0.365 e. The highest BCUT2D eigenvalue weighted by Crippen LogP contribution is 2.01. The molecule has 0 fully saturated rings. The Bertz CT molecular complexity index is 135. The smallest absolute Gasteiger partial charge is 0.0301 e. The van der Waals surface area contributed by atoms with Crippen LogP contribution in [0.15, 0.2) is 24.3 Å². The van der Waals surface area contributed by atoms with Crippen molar-refractivity contribution in [3.8, 4) is 0 Å². The van der Waals surface area contributed by atoms with E-state index in [1.807, 2.05) is 25.6 Å². The Morgan fingerprint density at radius 2 is 2.38 bits per heavy atom. The molecular formula is C6H10N2. The van der Waals surface area contributed by atoms with E-state index >= 15 is 0 Å². The molecule has 0 aromatic rings. The van der Waals surface area contributed by atoms with Crippen LogP contribution in [0, 0.1) is 0 Å². The SMILES string of the molecule is CC1=CNC=CN1C. The number of hydrogen-bond donors (Lipinski definition) is 1. The number of nitrogens with zero attached hydrogens (tertiary/aromatic N) is 1. The minimum absolute atomic E-state index is 1.23. The zero-order valence-corrected chi connectivity index (χ0v) is 5.18. The minimum atomic E-state index is 1.23. The second-order valence-corrected chi connectivity index (χ2v) is 1.88. The van der Waals surface area contributed by atoms with Crippen molar-refractivity contribution in [3.05, 3.63) is 24.3 Å². The van der Waals surface area contributed by atoms with Gasteiger partial charge in [0.2, 0.25) is 0 Å². The maximum absolute atomic E-state index is 2.98. The summed E-state index contributed by atoms with van der Waals surface area (Å²) in [4.78, 5) is 2.05. The zero-order valence-electron chi connectivity index (χ0n) is 5.18. The Kier molecular flexibility index (Phi) is 1.24. The zero-order chi connectivity index (χ0) is 5.98. The predicted octanol–water partition coefficient (Wildman–Crippen LogP) is 0.854. The Balaban J connectivity index is 2.63. The molecule has 2 heteroatoms. The topological polar surface area (TPSA) is 15.3 Å². The molecule has 0 atom stereocenters. The van der Waals surface area contributed by atoms with Crippen LogP contribution < -0.4 is 5.32 Å². The quantitative estimate of drug-likeness (QED) is 0.497. The molecule has 0 aliphatic carbocycles. The summed E-state index contributed by atoms with van der Waals surface area (Å²) in [6.07, 6.45) is 5.84. The van der Waals surface area contributed by atoms with Crippen LogP contribution in [0.4, 0.5) is 0 Å². The standard InChI is InChI=1S/C6H10N2/c1-6-5-7-3-4-8(6)2/h3-5,7H,1-2H3. The van der Waals surface area contributed by atoms with E-state index in [-0.39, 0.29) is 0 Å². The number of rotatable bonds is 0. The molecule has 0 saturated carbocycles. The van der Waals surface area contributed by atoms with Crippen molar-refractivity contribution >= 4 is 0 Å². The van der Waals surface area contributed by atoms with Crippen molar-refractivity contribution in [2.24, 2.45) is 0 Å².